The molecule has 224 valence electrons. The Kier molecular flexibility index (Phi) is 7.00. The van der Waals surface area contributed by atoms with Crippen LogP contribution in [0, 0.1) is 11.8 Å². The summed E-state index contributed by atoms with van der Waals surface area (Å²) >= 11 is 0. The van der Waals surface area contributed by atoms with Gasteiger partial charge in [0.1, 0.15) is 0 Å². The van der Waals surface area contributed by atoms with Gasteiger partial charge >= 0.3 is 11.9 Å². The lowest BCUT2D eigenvalue weighted by Gasteiger charge is -2.45. The van der Waals surface area contributed by atoms with Gasteiger partial charge in [-0.2, -0.15) is 0 Å². The molecule has 0 saturated carbocycles. The van der Waals surface area contributed by atoms with Gasteiger partial charge in [0.2, 0.25) is 11.8 Å². The van der Waals surface area contributed by atoms with Crippen LogP contribution in [0.1, 0.15) is 61.7 Å². The minimum absolute atomic E-state index is 0.168. The molecule has 0 aromatic heterocycles. The molecule has 9 nitrogen and oxygen atoms in total. The first kappa shape index (κ1) is 28.2. The number of hydrogen-bond donors (Lipinski definition) is 1. The number of nitrogens with zero attached hydrogens (tertiary/aromatic N) is 1. The van der Waals surface area contributed by atoms with Crippen molar-refractivity contribution in [3.05, 3.63) is 130 Å². The second-order valence-corrected chi connectivity index (χ2v) is 11.2. The zero-order chi connectivity index (χ0) is 31.2. The SMILES string of the molecule is CCOC(=O)c1ccc(NC(=O)COC(=O)c2ccc(N3C(=O)[C@H]4C5c6ccccc6C(c6ccccc65)[C@@H]4C3=O)cc2)cc1. The Balaban J connectivity index is 1.03. The lowest BCUT2D eigenvalue weighted by Crippen LogP contribution is -2.41. The van der Waals surface area contributed by atoms with Gasteiger partial charge in [-0.1, -0.05) is 48.5 Å². The molecular weight excluding hydrogens is 572 g/mol. The quantitative estimate of drug-likeness (QED) is 0.233. The summed E-state index contributed by atoms with van der Waals surface area (Å²) in [4.78, 5) is 66.0. The van der Waals surface area contributed by atoms with Crippen molar-refractivity contribution in [2.45, 2.75) is 18.8 Å². The Morgan fingerprint density at radius 3 is 1.56 bits per heavy atom. The number of nitrogens with one attached hydrogen (secondary N) is 1. The van der Waals surface area contributed by atoms with Crippen molar-refractivity contribution in [3.8, 4) is 0 Å². The number of anilines is 2. The van der Waals surface area contributed by atoms with Gasteiger partial charge in [-0.25, -0.2) is 14.5 Å². The standard InChI is InChI=1S/C36H28N2O7/c1-2-44-35(42)20-11-15-22(16-12-20)37-28(39)19-45-36(43)21-13-17-23(18-14-21)38-33(40)31-29-24-7-3-4-8-25(24)30(32(31)34(38)41)27-10-6-5-9-26(27)29/h3-18,29-32H,2,19H2,1H3,(H,37,39)/t29?,30?,31-,32-/m0/s1. The fourth-order valence-corrected chi connectivity index (χ4v) is 6.99. The highest BCUT2D eigenvalue weighted by Gasteiger charge is 2.61. The van der Waals surface area contributed by atoms with Crippen LogP contribution in [0.3, 0.4) is 0 Å². The van der Waals surface area contributed by atoms with E-state index < -0.39 is 36.3 Å². The van der Waals surface area contributed by atoms with Gasteiger partial charge in [0.15, 0.2) is 6.61 Å². The largest absolute Gasteiger partial charge is 0.462 e. The van der Waals surface area contributed by atoms with E-state index in [1.54, 1.807) is 31.2 Å². The zero-order valence-corrected chi connectivity index (χ0v) is 24.3. The van der Waals surface area contributed by atoms with Crippen molar-refractivity contribution < 1.29 is 33.4 Å². The molecular formula is C36H28N2O7. The smallest absolute Gasteiger partial charge is 0.338 e. The van der Waals surface area contributed by atoms with Crippen molar-refractivity contribution in [2.75, 3.05) is 23.4 Å². The molecule has 3 amide bonds. The molecule has 1 heterocycles. The van der Waals surface area contributed by atoms with Crippen LogP contribution in [0.25, 0.3) is 0 Å². The number of benzene rings is 4. The third-order valence-corrected chi connectivity index (χ3v) is 8.82. The highest BCUT2D eigenvalue weighted by Crippen LogP contribution is 2.61. The number of imide groups is 1. The number of rotatable bonds is 7. The number of amides is 3. The van der Waals surface area contributed by atoms with E-state index in [4.69, 9.17) is 9.47 Å². The minimum atomic E-state index is -0.731. The molecule has 0 unspecified atom stereocenters. The average Bonchev–Trinajstić information content (AvgIpc) is 3.34. The first-order chi connectivity index (χ1) is 21.9. The normalized spacial score (nSPS) is 20.6. The topological polar surface area (TPSA) is 119 Å². The minimum Gasteiger partial charge on any atom is -0.462 e. The number of esters is 2. The Morgan fingerprint density at radius 2 is 1.09 bits per heavy atom. The van der Waals surface area contributed by atoms with Gasteiger partial charge in [0.25, 0.3) is 5.91 Å². The monoisotopic (exact) mass is 600 g/mol. The fourth-order valence-electron chi connectivity index (χ4n) is 6.99. The molecule has 1 N–H and O–H groups in total. The summed E-state index contributed by atoms with van der Waals surface area (Å²) in [6.07, 6.45) is 0. The Labute approximate surface area is 258 Å². The van der Waals surface area contributed by atoms with Gasteiger partial charge in [0.05, 0.1) is 35.3 Å². The Bertz CT molecular complexity index is 1750. The van der Waals surface area contributed by atoms with Crippen LogP contribution in [0.15, 0.2) is 97.1 Å². The number of ether oxygens (including phenoxy) is 2. The lowest BCUT2D eigenvalue weighted by atomic mass is 9.55. The first-order valence-electron chi connectivity index (χ1n) is 14.8. The van der Waals surface area contributed by atoms with Crippen LogP contribution in [-0.4, -0.2) is 42.9 Å². The maximum Gasteiger partial charge on any atom is 0.338 e. The van der Waals surface area contributed by atoms with Gasteiger partial charge in [0, 0.05) is 17.5 Å². The predicted molar refractivity (Wildman–Crippen MR) is 164 cm³/mol. The molecule has 45 heavy (non-hydrogen) atoms. The van der Waals surface area contributed by atoms with Crippen molar-refractivity contribution in [2.24, 2.45) is 11.8 Å². The number of carbonyl (C=O) groups excluding carboxylic acids is 5. The molecule has 0 radical (unpaired) electrons. The summed E-state index contributed by atoms with van der Waals surface area (Å²) in [5.74, 6) is -3.65. The lowest BCUT2D eigenvalue weighted by molar-refractivity contribution is -0.122. The van der Waals surface area contributed by atoms with Crippen molar-refractivity contribution in [1.82, 2.24) is 0 Å². The molecule has 0 spiro atoms. The van der Waals surface area contributed by atoms with E-state index in [2.05, 4.69) is 29.6 Å². The molecule has 4 aromatic carbocycles. The van der Waals surface area contributed by atoms with Gasteiger partial charge in [-0.05, 0) is 77.7 Å². The second-order valence-electron chi connectivity index (χ2n) is 11.2. The third kappa shape index (κ3) is 4.68. The van der Waals surface area contributed by atoms with Gasteiger partial charge < -0.3 is 14.8 Å². The van der Waals surface area contributed by atoms with Gasteiger partial charge in [-0.3, -0.25) is 14.4 Å². The van der Waals surface area contributed by atoms with E-state index in [0.717, 1.165) is 22.3 Å². The maximum absolute atomic E-state index is 13.9. The van der Waals surface area contributed by atoms with Crippen molar-refractivity contribution in [1.29, 1.82) is 0 Å². The summed E-state index contributed by atoms with van der Waals surface area (Å²) < 4.78 is 10.1. The third-order valence-electron chi connectivity index (χ3n) is 8.82. The number of hydrogen-bond acceptors (Lipinski definition) is 7. The molecule has 1 aliphatic heterocycles. The molecule has 9 heteroatoms. The molecule has 8 rings (SSSR count). The van der Waals surface area contributed by atoms with Crippen LogP contribution in [0.2, 0.25) is 0 Å². The summed E-state index contributed by atoms with van der Waals surface area (Å²) in [6.45, 7) is 1.44. The molecule has 3 aliphatic carbocycles. The van der Waals surface area contributed by atoms with Crippen LogP contribution in [-0.2, 0) is 23.9 Å². The summed E-state index contributed by atoms with van der Waals surface area (Å²) in [6, 6.07) is 28.3. The van der Waals surface area contributed by atoms with Gasteiger partial charge in [-0.15, -0.1) is 0 Å². The summed E-state index contributed by atoms with van der Waals surface area (Å²) in [5, 5.41) is 2.60. The van der Waals surface area contributed by atoms with E-state index in [-0.39, 0.29) is 35.8 Å². The van der Waals surface area contributed by atoms with Crippen LogP contribution in [0.4, 0.5) is 11.4 Å². The Morgan fingerprint density at radius 1 is 0.644 bits per heavy atom. The average molecular weight is 601 g/mol. The van der Waals surface area contributed by atoms with E-state index in [1.807, 2.05) is 24.3 Å². The molecule has 2 atom stereocenters. The van der Waals surface area contributed by atoms with E-state index >= 15 is 0 Å². The van der Waals surface area contributed by atoms with E-state index in [1.165, 1.54) is 29.2 Å². The molecule has 1 fully saturated rings. The predicted octanol–water partition coefficient (Wildman–Crippen LogP) is 5.06. The molecule has 1 saturated heterocycles. The molecule has 4 aromatic rings. The van der Waals surface area contributed by atoms with Crippen LogP contribution < -0.4 is 10.2 Å². The summed E-state index contributed by atoms with van der Waals surface area (Å²) in [5.41, 5.74) is 5.72. The van der Waals surface area contributed by atoms with Crippen molar-refractivity contribution >= 4 is 41.0 Å². The fraction of sp³-hybridized carbons (Fsp3) is 0.194. The van der Waals surface area contributed by atoms with E-state index in [9.17, 15) is 24.0 Å². The Hall–Kier alpha value is -5.57. The molecule has 2 bridgehead atoms. The van der Waals surface area contributed by atoms with E-state index in [0.29, 0.717) is 16.9 Å². The molecule has 4 aliphatic rings. The van der Waals surface area contributed by atoms with Crippen LogP contribution in [0.5, 0.6) is 0 Å². The zero-order valence-electron chi connectivity index (χ0n) is 24.3. The second kappa shape index (κ2) is 11.2. The first-order valence-corrected chi connectivity index (χ1v) is 14.8. The maximum atomic E-state index is 13.9. The highest BCUT2D eigenvalue weighted by molar-refractivity contribution is 6.23. The van der Waals surface area contributed by atoms with Crippen LogP contribution >= 0.6 is 0 Å². The highest BCUT2D eigenvalue weighted by atomic mass is 16.5. The van der Waals surface area contributed by atoms with Crippen molar-refractivity contribution in [3.63, 3.8) is 0 Å². The number of carbonyl (C=O) groups is 5. The summed E-state index contributed by atoms with van der Waals surface area (Å²) in [7, 11) is 0.